The Balaban J connectivity index is 1.82. The second-order valence-electron chi connectivity index (χ2n) is 4.04. The highest BCUT2D eigenvalue weighted by Gasteiger charge is 2.63. The zero-order chi connectivity index (χ0) is 11.4. The van der Waals surface area contributed by atoms with Crippen molar-refractivity contribution in [3.05, 3.63) is 0 Å². The van der Waals surface area contributed by atoms with Gasteiger partial charge in [0, 0.05) is 31.3 Å². The second kappa shape index (κ2) is 2.82. The van der Waals surface area contributed by atoms with Crippen molar-refractivity contribution < 1.29 is 26.7 Å². The molecule has 0 bridgehead atoms. The number of hydrogen-bond acceptors (Lipinski definition) is 1. The Kier molecular flexibility index (Phi) is 2.00. The molecule has 1 aliphatic heterocycles. The van der Waals surface area contributed by atoms with Crippen LogP contribution in [0.2, 0.25) is 0 Å². The lowest BCUT2D eigenvalue weighted by atomic mass is 9.94. The summed E-state index contributed by atoms with van der Waals surface area (Å²) >= 11 is 0. The highest BCUT2D eigenvalue weighted by Crippen LogP contribution is 2.55. The molecule has 1 atom stereocenters. The van der Waals surface area contributed by atoms with Crippen LogP contribution < -0.4 is 0 Å². The largest absolute Gasteiger partial charge is 0.471 e. The summed E-state index contributed by atoms with van der Waals surface area (Å²) in [6, 6.07) is 0. The van der Waals surface area contributed by atoms with Gasteiger partial charge >= 0.3 is 12.1 Å². The molecule has 15 heavy (non-hydrogen) atoms. The Morgan fingerprint density at radius 1 is 1.27 bits per heavy atom. The molecule has 86 valence electrons. The summed E-state index contributed by atoms with van der Waals surface area (Å²) in [7, 11) is 0. The maximum Gasteiger partial charge on any atom is 0.471 e. The molecule has 0 aromatic carbocycles. The average Bonchev–Trinajstić information content (AvgIpc) is 2.54. The summed E-state index contributed by atoms with van der Waals surface area (Å²) < 4.78 is 60.6. The first-order valence-electron chi connectivity index (χ1n) is 4.46. The van der Waals surface area contributed by atoms with Crippen LogP contribution in [-0.2, 0) is 4.79 Å². The molecule has 1 unspecified atom stereocenters. The molecule has 0 aromatic heterocycles. The van der Waals surface area contributed by atoms with Crippen molar-refractivity contribution in [3.63, 3.8) is 0 Å². The van der Waals surface area contributed by atoms with Crippen molar-refractivity contribution >= 4 is 5.91 Å². The molecule has 1 amide bonds. The van der Waals surface area contributed by atoms with E-state index in [1.54, 1.807) is 0 Å². The topological polar surface area (TPSA) is 20.3 Å². The molecule has 7 heteroatoms. The SMILES string of the molecule is O=C(N1CC(C2CC2(F)F)C1)C(F)(F)F. The van der Waals surface area contributed by atoms with E-state index >= 15 is 0 Å². The molecule has 0 radical (unpaired) electrons. The van der Waals surface area contributed by atoms with Crippen LogP contribution in [0.1, 0.15) is 6.42 Å². The monoisotopic (exact) mass is 229 g/mol. The minimum Gasteiger partial charge on any atom is -0.334 e. The number of nitrogens with zero attached hydrogens (tertiary/aromatic N) is 1. The number of alkyl halides is 5. The standard InChI is InChI=1S/C8H8F5NO/c9-7(10)1-5(7)4-2-14(3-4)6(15)8(11,12)13/h4-5H,1-3H2. The summed E-state index contributed by atoms with van der Waals surface area (Å²) in [4.78, 5) is 11.2. The normalized spacial score (nSPS) is 29.9. The van der Waals surface area contributed by atoms with Crippen molar-refractivity contribution in [2.45, 2.75) is 18.5 Å². The molecule has 0 spiro atoms. The number of carbonyl (C=O) groups excluding carboxylic acids is 1. The van der Waals surface area contributed by atoms with Gasteiger partial charge in [0.1, 0.15) is 0 Å². The van der Waals surface area contributed by atoms with Crippen LogP contribution in [0.25, 0.3) is 0 Å². The highest BCUT2D eigenvalue weighted by molar-refractivity contribution is 5.82. The van der Waals surface area contributed by atoms with Gasteiger partial charge < -0.3 is 4.90 Å². The molecule has 0 aromatic rings. The number of carbonyl (C=O) groups is 1. The fourth-order valence-corrected chi connectivity index (χ4v) is 1.86. The molecule has 1 aliphatic carbocycles. The van der Waals surface area contributed by atoms with E-state index in [4.69, 9.17) is 0 Å². The third-order valence-corrected chi connectivity index (χ3v) is 2.88. The van der Waals surface area contributed by atoms with Gasteiger partial charge in [0.15, 0.2) is 0 Å². The maximum absolute atomic E-state index is 12.5. The lowest BCUT2D eigenvalue weighted by Gasteiger charge is -2.39. The summed E-state index contributed by atoms with van der Waals surface area (Å²) in [6.45, 7) is -0.392. The molecule has 0 N–H and O–H groups in total. The minimum atomic E-state index is -4.89. The summed E-state index contributed by atoms with van der Waals surface area (Å²) in [5.74, 6) is -5.94. The molecule has 2 fully saturated rings. The number of rotatable bonds is 1. The Hall–Kier alpha value is -0.880. The van der Waals surface area contributed by atoms with E-state index in [-0.39, 0.29) is 19.5 Å². The van der Waals surface area contributed by atoms with Crippen molar-refractivity contribution in [2.24, 2.45) is 11.8 Å². The Morgan fingerprint density at radius 3 is 2.07 bits per heavy atom. The number of hydrogen-bond donors (Lipinski definition) is 0. The van der Waals surface area contributed by atoms with Gasteiger partial charge in [0.2, 0.25) is 0 Å². The molecule has 1 saturated carbocycles. The van der Waals surface area contributed by atoms with Crippen LogP contribution in [0.5, 0.6) is 0 Å². The van der Waals surface area contributed by atoms with Crippen molar-refractivity contribution in [1.29, 1.82) is 0 Å². The average molecular weight is 229 g/mol. The van der Waals surface area contributed by atoms with Crippen LogP contribution >= 0.6 is 0 Å². The van der Waals surface area contributed by atoms with Crippen LogP contribution in [0.15, 0.2) is 0 Å². The van der Waals surface area contributed by atoms with Gasteiger partial charge in [0.25, 0.3) is 5.92 Å². The molecule has 2 nitrogen and oxygen atoms in total. The maximum atomic E-state index is 12.5. The number of halogens is 5. The lowest BCUT2D eigenvalue weighted by molar-refractivity contribution is -0.192. The fraction of sp³-hybridized carbons (Fsp3) is 0.875. The van der Waals surface area contributed by atoms with E-state index in [2.05, 4.69) is 0 Å². The van der Waals surface area contributed by atoms with Gasteiger partial charge in [-0.15, -0.1) is 0 Å². The van der Waals surface area contributed by atoms with Crippen LogP contribution in [0, 0.1) is 11.8 Å². The van der Waals surface area contributed by atoms with Gasteiger partial charge in [0.05, 0.1) is 0 Å². The summed E-state index contributed by atoms with van der Waals surface area (Å²) in [6.07, 6.45) is -5.15. The fourth-order valence-electron chi connectivity index (χ4n) is 1.86. The minimum absolute atomic E-state index is 0.196. The van der Waals surface area contributed by atoms with E-state index in [9.17, 15) is 26.7 Å². The first-order valence-corrected chi connectivity index (χ1v) is 4.46. The predicted molar refractivity (Wildman–Crippen MR) is 39.2 cm³/mol. The van der Waals surface area contributed by atoms with Gasteiger partial charge in [-0.1, -0.05) is 0 Å². The predicted octanol–water partition coefficient (Wildman–Crippen LogP) is 1.66. The van der Waals surface area contributed by atoms with Crippen molar-refractivity contribution in [2.75, 3.05) is 13.1 Å². The van der Waals surface area contributed by atoms with Gasteiger partial charge in [-0.2, -0.15) is 13.2 Å². The smallest absolute Gasteiger partial charge is 0.334 e. The molecule has 1 heterocycles. The van der Waals surface area contributed by atoms with Crippen LogP contribution in [0.3, 0.4) is 0 Å². The van der Waals surface area contributed by atoms with Gasteiger partial charge in [-0.05, 0) is 0 Å². The Bertz CT molecular complexity index is 294. The van der Waals surface area contributed by atoms with Crippen molar-refractivity contribution in [3.8, 4) is 0 Å². The van der Waals surface area contributed by atoms with E-state index in [1.165, 1.54) is 0 Å². The van der Waals surface area contributed by atoms with E-state index in [0.717, 1.165) is 0 Å². The molecular weight excluding hydrogens is 221 g/mol. The number of likely N-dealkylation sites (tertiary alicyclic amines) is 1. The summed E-state index contributed by atoms with van der Waals surface area (Å²) in [5.41, 5.74) is 0. The highest BCUT2D eigenvalue weighted by atomic mass is 19.4. The van der Waals surface area contributed by atoms with Crippen LogP contribution in [0.4, 0.5) is 22.0 Å². The Morgan fingerprint density at radius 2 is 1.73 bits per heavy atom. The van der Waals surface area contributed by atoms with Gasteiger partial charge in [-0.25, -0.2) is 8.78 Å². The first kappa shape index (κ1) is 10.6. The molecule has 1 saturated heterocycles. The lowest BCUT2D eigenvalue weighted by Crippen LogP contribution is -2.55. The second-order valence-corrected chi connectivity index (χ2v) is 4.04. The van der Waals surface area contributed by atoms with E-state index in [0.29, 0.717) is 4.90 Å². The number of amides is 1. The zero-order valence-corrected chi connectivity index (χ0v) is 7.52. The zero-order valence-electron chi connectivity index (χ0n) is 7.52. The quantitative estimate of drug-likeness (QED) is 0.626. The van der Waals surface area contributed by atoms with E-state index in [1.807, 2.05) is 0 Å². The first-order chi connectivity index (χ1) is 6.72. The van der Waals surface area contributed by atoms with E-state index < -0.39 is 29.8 Å². The molecular formula is C8H8F5NO. The van der Waals surface area contributed by atoms with Crippen LogP contribution in [-0.4, -0.2) is 36.0 Å². The third-order valence-electron chi connectivity index (χ3n) is 2.88. The summed E-state index contributed by atoms with van der Waals surface area (Å²) in [5, 5.41) is 0. The third kappa shape index (κ3) is 1.79. The molecule has 2 rings (SSSR count). The van der Waals surface area contributed by atoms with Crippen molar-refractivity contribution in [1.82, 2.24) is 4.90 Å². The molecule has 2 aliphatic rings. The van der Waals surface area contributed by atoms with Gasteiger partial charge in [-0.3, -0.25) is 4.79 Å². The Labute approximate surface area is 82.0 Å².